The van der Waals surface area contributed by atoms with Crippen molar-refractivity contribution < 1.29 is 4.79 Å². The molecule has 0 unspecified atom stereocenters. The molecule has 0 fully saturated rings. The number of carbonyl (C=O) groups excluding carboxylic acids is 1. The Balaban J connectivity index is 3.08. The maximum Gasteiger partial charge on any atom is 0.224 e. The summed E-state index contributed by atoms with van der Waals surface area (Å²) >= 11 is 5.39. The number of carbonyl (C=O) groups is 1. The van der Waals surface area contributed by atoms with Gasteiger partial charge in [-0.05, 0) is 18.0 Å². The van der Waals surface area contributed by atoms with Crippen molar-refractivity contribution in [1.29, 1.82) is 0 Å². The molecule has 0 aliphatic rings. The van der Waals surface area contributed by atoms with Crippen molar-refractivity contribution in [3.63, 3.8) is 0 Å². The first-order chi connectivity index (χ1) is 7.18. The predicted octanol–water partition coefficient (Wildman–Crippen LogP) is 4.92. The smallest absolute Gasteiger partial charge is 0.224 e. The van der Waals surface area contributed by atoms with E-state index >= 15 is 0 Å². The van der Waals surface area contributed by atoms with E-state index in [1.165, 1.54) is 44.9 Å². The molecule has 0 amide bonds. The second-order valence-electron chi connectivity index (χ2n) is 4.47. The summed E-state index contributed by atoms with van der Waals surface area (Å²) in [5.41, 5.74) is 0. The highest BCUT2D eigenvalue weighted by Crippen LogP contribution is 2.14. The summed E-state index contributed by atoms with van der Waals surface area (Å²) < 4.78 is 0. The zero-order valence-corrected chi connectivity index (χ0v) is 11.0. The van der Waals surface area contributed by atoms with Crippen LogP contribution in [0.25, 0.3) is 0 Å². The SMILES string of the molecule is CCCCCCCCCC[C@@H](C)C(=O)Cl. The largest absolute Gasteiger partial charge is 0.281 e. The van der Waals surface area contributed by atoms with Gasteiger partial charge < -0.3 is 0 Å². The van der Waals surface area contributed by atoms with Crippen molar-refractivity contribution in [1.82, 2.24) is 0 Å². The Morgan fingerprint density at radius 3 is 1.93 bits per heavy atom. The molecule has 0 radical (unpaired) electrons. The molecule has 0 saturated heterocycles. The lowest BCUT2D eigenvalue weighted by Crippen LogP contribution is -2.02. The van der Waals surface area contributed by atoms with E-state index in [0.29, 0.717) is 0 Å². The average Bonchev–Trinajstić information content (AvgIpc) is 2.21. The van der Waals surface area contributed by atoms with Crippen LogP contribution in [0.4, 0.5) is 0 Å². The highest BCUT2D eigenvalue weighted by atomic mass is 35.5. The van der Waals surface area contributed by atoms with Gasteiger partial charge in [-0.2, -0.15) is 0 Å². The van der Waals surface area contributed by atoms with Gasteiger partial charge in [-0.15, -0.1) is 0 Å². The van der Waals surface area contributed by atoms with E-state index in [-0.39, 0.29) is 11.2 Å². The third-order valence-corrected chi connectivity index (χ3v) is 3.25. The van der Waals surface area contributed by atoms with Crippen LogP contribution in [-0.4, -0.2) is 5.24 Å². The standard InChI is InChI=1S/C13H25ClO/c1-3-4-5-6-7-8-9-10-11-12(2)13(14)15/h12H,3-11H2,1-2H3/t12-/m1/s1. The van der Waals surface area contributed by atoms with Gasteiger partial charge in [-0.25, -0.2) is 0 Å². The maximum absolute atomic E-state index is 10.7. The summed E-state index contributed by atoms with van der Waals surface area (Å²) in [5.74, 6) is 0.0479. The molecule has 1 atom stereocenters. The van der Waals surface area contributed by atoms with E-state index in [4.69, 9.17) is 11.6 Å². The molecule has 0 aromatic rings. The zero-order valence-electron chi connectivity index (χ0n) is 10.2. The van der Waals surface area contributed by atoms with E-state index in [9.17, 15) is 4.79 Å². The van der Waals surface area contributed by atoms with Crippen LogP contribution in [0.2, 0.25) is 0 Å². The minimum atomic E-state index is -0.182. The highest BCUT2D eigenvalue weighted by molar-refractivity contribution is 6.63. The lowest BCUT2D eigenvalue weighted by atomic mass is 10.0. The molecule has 0 bridgehead atoms. The Morgan fingerprint density at radius 1 is 1.00 bits per heavy atom. The molecule has 0 aliphatic heterocycles. The number of halogens is 1. The lowest BCUT2D eigenvalue weighted by Gasteiger charge is -2.05. The summed E-state index contributed by atoms with van der Waals surface area (Å²) in [6, 6.07) is 0. The molecule has 15 heavy (non-hydrogen) atoms. The van der Waals surface area contributed by atoms with Crippen molar-refractivity contribution in [2.75, 3.05) is 0 Å². The lowest BCUT2D eigenvalue weighted by molar-refractivity contribution is -0.114. The van der Waals surface area contributed by atoms with Gasteiger partial charge in [-0.1, -0.05) is 65.2 Å². The molecule has 2 heteroatoms. The van der Waals surface area contributed by atoms with Crippen LogP contribution in [0.15, 0.2) is 0 Å². The molecule has 0 aromatic heterocycles. The zero-order chi connectivity index (χ0) is 11.5. The van der Waals surface area contributed by atoms with Gasteiger partial charge in [0.25, 0.3) is 0 Å². The second kappa shape index (κ2) is 10.5. The molecule has 1 nitrogen and oxygen atoms in total. The topological polar surface area (TPSA) is 17.1 Å². The van der Waals surface area contributed by atoms with Crippen LogP contribution in [0.3, 0.4) is 0 Å². The van der Waals surface area contributed by atoms with Gasteiger partial charge in [-0.3, -0.25) is 4.79 Å². The first kappa shape index (κ1) is 15.0. The second-order valence-corrected chi connectivity index (χ2v) is 4.84. The molecule has 90 valence electrons. The molecule has 0 heterocycles. The molecule has 0 N–H and O–H groups in total. The molecular formula is C13H25ClO. The van der Waals surface area contributed by atoms with E-state index in [0.717, 1.165) is 12.8 Å². The number of unbranched alkanes of at least 4 members (excludes halogenated alkanes) is 7. The Kier molecular flexibility index (Phi) is 10.4. The van der Waals surface area contributed by atoms with Crippen LogP contribution >= 0.6 is 11.6 Å². The third kappa shape index (κ3) is 10.2. The Morgan fingerprint density at radius 2 is 1.47 bits per heavy atom. The van der Waals surface area contributed by atoms with Gasteiger partial charge >= 0.3 is 0 Å². The van der Waals surface area contributed by atoms with Crippen LogP contribution in [-0.2, 0) is 4.79 Å². The van der Waals surface area contributed by atoms with E-state index in [1.807, 2.05) is 6.92 Å². The summed E-state index contributed by atoms with van der Waals surface area (Å²) in [5, 5.41) is -0.182. The first-order valence-electron chi connectivity index (χ1n) is 6.37. The Hall–Kier alpha value is -0.0400. The third-order valence-electron chi connectivity index (χ3n) is 2.88. The fraction of sp³-hybridized carbons (Fsp3) is 0.923. The highest BCUT2D eigenvalue weighted by Gasteiger charge is 2.08. The van der Waals surface area contributed by atoms with Gasteiger partial charge in [0, 0.05) is 5.92 Å². The van der Waals surface area contributed by atoms with Crippen LogP contribution in [0, 0.1) is 5.92 Å². The summed E-state index contributed by atoms with van der Waals surface area (Å²) in [6.07, 6.45) is 11.5. The molecule has 0 aliphatic carbocycles. The Bertz CT molecular complexity index is 157. The van der Waals surface area contributed by atoms with Crippen molar-refractivity contribution in [2.24, 2.45) is 5.92 Å². The summed E-state index contributed by atoms with van der Waals surface area (Å²) in [4.78, 5) is 10.7. The van der Waals surface area contributed by atoms with Crippen molar-refractivity contribution >= 4 is 16.8 Å². The Labute approximate surface area is 99.6 Å². The van der Waals surface area contributed by atoms with Crippen LogP contribution in [0.5, 0.6) is 0 Å². The summed E-state index contributed by atoms with van der Waals surface area (Å²) in [7, 11) is 0. The normalized spacial score (nSPS) is 12.7. The van der Waals surface area contributed by atoms with Gasteiger partial charge in [0.2, 0.25) is 5.24 Å². The number of hydrogen-bond donors (Lipinski definition) is 0. The van der Waals surface area contributed by atoms with Crippen molar-refractivity contribution in [3.05, 3.63) is 0 Å². The number of hydrogen-bond acceptors (Lipinski definition) is 1. The molecule has 0 spiro atoms. The van der Waals surface area contributed by atoms with E-state index in [1.54, 1.807) is 0 Å². The van der Waals surface area contributed by atoms with Crippen LogP contribution in [0.1, 0.15) is 71.6 Å². The molecule has 0 rings (SSSR count). The maximum atomic E-state index is 10.7. The minimum Gasteiger partial charge on any atom is -0.281 e. The van der Waals surface area contributed by atoms with Crippen LogP contribution < -0.4 is 0 Å². The van der Waals surface area contributed by atoms with Gasteiger partial charge in [0.05, 0.1) is 0 Å². The average molecular weight is 233 g/mol. The minimum absolute atomic E-state index is 0.0479. The summed E-state index contributed by atoms with van der Waals surface area (Å²) in [6.45, 7) is 4.15. The predicted molar refractivity (Wildman–Crippen MR) is 67.3 cm³/mol. The molecular weight excluding hydrogens is 208 g/mol. The van der Waals surface area contributed by atoms with Gasteiger partial charge in [0.1, 0.15) is 0 Å². The number of rotatable bonds is 10. The quantitative estimate of drug-likeness (QED) is 0.386. The van der Waals surface area contributed by atoms with E-state index in [2.05, 4.69) is 6.92 Å². The van der Waals surface area contributed by atoms with Crippen molar-refractivity contribution in [3.8, 4) is 0 Å². The fourth-order valence-electron chi connectivity index (χ4n) is 1.70. The van der Waals surface area contributed by atoms with Crippen molar-refractivity contribution in [2.45, 2.75) is 71.6 Å². The fourth-order valence-corrected chi connectivity index (χ4v) is 1.81. The monoisotopic (exact) mass is 232 g/mol. The molecule has 0 aromatic carbocycles. The van der Waals surface area contributed by atoms with Gasteiger partial charge in [0.15, 0.2) is 0 Å². The first-order valence-corrected chi connectivity index (χ1v) is 6.75. The van der Waals surface area contributed by atoms with E-state index < -0.39 is 0 Å². The molecule has 0 saturated carbocycles.